The Bertz CT molecular complexity index is 1450. The SMILES string of the molecule is CCCCc1ccc2c(c1)sc(=NC(=O)C1CCN(S(=O)(=O)c3ccc(C)cc3)CC1)n2CC(=O)OC. The van der Waals surface area contributed by atoms with Gasteiger partial charge in [-0.05, 0) is 62.4 Å². The van der Waals surface area contributed by atoms with Crippen LogP contribution in [0.4, 0.5) is 0 Å². The fraction of sp³-hybridized carbons (Fsp3) is 0.444. The molecule has 1 aliphatic heterocycles. The number of aryl methyl sites for hydroxylation is 2. The summed E-state index contributed by atoms with van der Waals surface area (Å²) in [5.41, 5.74) is 3.04. The monoisotopic (exact) mass is 543 g/mol. The Hall–Kier alpha value is -2.82. The van der Waals surface area contributed by atoms with Gasteiger partial charge in [-0.2, -0.15) is 9.30 Å². The van der Waals surface area contributed by atoms with E-state index in [2.05, 4.69) is 18.0 Å². The van der Waals surface area contributed by atoms with Gasteiger partial charge in [0.25, 0.3) is 5.91 Å². The van der Waals surface area contributed by atoms with E-state index in [9.17, 15) is 18.0 Å². The van der Waals surface area contributed by atoms with Crippen molar-refractivity contribution in [1.82, 2.24) is 8.87 Å². The van der Waals surface area contributed by atoms with Crippen LogP contribution in [0.2, 0.25) is 0 Å². The summed E-state index contributed by atoms with van der Waals surface area (Å²) in [5, 5.41) is 0. The molecule has 198 valence electrons. The maximum absolute atomic E-state index is 13.2. The van der Waals surface area contributed by atoms with Gasteiger partial charge in [0.15, 0.2) is 4.80 Å². The summed E-state index contributed by atoms with van der Waals surface area (Å²) >= 11 is 1.38. The molecule has 0 unspecified atom stereocenters. The van der Waals surface area contributed by atoms with Gasteiger partial charge < -0.3 is 9.30 Å². The van der Waals surface area contributed by atoms with Crippen molar-refractivity contribution in [3.8, 4) is 0 Å². The Morgan fingerprint density at radius 3 is 2.46 bits per heavy atom. The standard InChI is InChI=1S/C27H33N3O5S2/c1-4-5-6-20-9-12-23-24(17-20)36-27(30(23)18-25(31)35-3)28-26(32)21-13-15-29(16-14-21)37(33,34)22-10-7-19(2)8-11-22/h7-12,17,21H,4-6,13-16,18H2,1-3H3. The molecule has 4 rings (SSSR count). The first kappa shape index (κ1) is 27.2. The molecule has 1 aliphatic rings. The zero-order valence-corrected chi connectivity index (χ0v) is 23.1. The molecule has 0 saturated carbocycles. The maximum Gasteiger partial charge on any atom is 0.325 e. The minimum Gasteiger partial charge on any atom is -0.468 e. The fourth-order valence-corrected chi connectivity index (χ4v) is 7.04. The van der Waals surface area contributed by atoms with Crippen molar-refractivity contribution in [1.29, 1.82) is 0 Å². The number of benzene rings is 2. The number of rotatable bonds is 8. The van der Waals surface area contributed by atoms with Crippen LogP contribution in [0.1, 0.15) is 43.7 Å². The average Bonchev–Trinajstić information content (AvgIpc) is 3.23. The number of amides is 1. The molecule has 0 radical (unpaired) electrons. The predicted octanol–water partition coefficient (Wildman–Crippen LogP) is 4.06. The first-order valence-corrected chi connectivity index (χ1v) is 14.8. The molecule has 10 heteroatoms. The fourth-order valence-electron chi connectivity index (χ4n) is 4.47. The van der Waals surface area contributed by atoms with Crippen LogP contribution in [-0.2, 0) is 37.3 Å². The van der Waals surface area contributed by atoms with Crippen molar-refractivity contribution in [2.24, 2.45) is 10.9 Å². The number of aromatic nitrogens is 1. The van der Waals surface area contributed by atoms with Crippen LogP contribution >= 0.6 is 11.3 Å². The highest BCUT2D eigenvalue weighted by Gasteiger charge is 2.32. The molecule has 1 saturated heterocycles. The molecule has 8 nitrogen and oxygen atoms in total. The lowest BCUT2D eigenvalue weighted by Gasteiger charge is -2.29. The number of nitrogens with zero attached hydrogens (tertiary/aromatic N) is 3. The molecule has 2 heterocycles. The normalized spacial score (nSPS) is 15.8. The summed E-state index contributed by atoms with van der Waals surface area (Å²) in [4.78, 5) is 30.4. The van der Waals surface area contributed by atoms with E-state index >= 15 is 0 Å². The molecule has 2 aromatic carbocycles. The molecule has 3 aromatic rings. The number of esters is 1. The van der Waals surface area contributed by atoms with Gasteiger partial charge in [0.2, 0.25) is 10.0 Å². The highest BCUT2D eigenvalue weighted by molar-refractivity contribution is 7.89. The van der Waals surface area contributed by atoms with Gasteiger partial charge in [-0.15, -0.1) is 0 Å². The van der Waals surface area contributed by atoms with E-state index in [1.54, 1.807) is 28.8 Å². The Morgan fingerprint density at radius 2 is 1.81 bits per heavy atom. The topological polar surface area (TPSA) is 98.0 Å². The number of unbranched alkanes of at least 4 members (excludes halogenated alkanes) is 1. The van der Waals surface area contributed by atoms with Crippen molar-refractivity contribution in [2.75, 3.05) is 20.2 Å². The lowest BCUT2D eigenvalue weighted by molar-refractivity contribution is -0.141. The third-order valence-corrected chi connectivity index (χ3v) is 9.70. The Labute approximate surface area is 221 Å². The molecular formula is C27H33N3O5S2. The van der Waals surface area contributed by atoms with Gasteiger partial charge in [0.05, 0.1) is 22.2 Å². The number of piperidine rings is 1. The van der Waals surface area contributed by atoms with Crippen LogP contribution < -0.4 is 4.80 Å². The quantitative estimate of drug-likeness (QED) is 0.399. The number of sulfonamides is 1. The number of hydrogen-bond donors (Lipinski definition) is 0. The molecule has 0 aliphatic carbocycles. The van der Waals surface area contributed by atoms with E-state index in [-0.39, 0.29) is 36.4 Å². The molecule has 1 aromatic heterocycles. The summed E-state index contributed by atoms with van der Waals surface area (Å²) in [6, 6.07) is 12.9. The smallest absolute Gasteiger partial charge is 0.325 e. The third kappa shape index (κ3) is 6.19. The molecule has 0 atom stereocenters. The molecule has 37 heavy (non-hydrogen) atoms. The highest BCUT2D eigenvalue weighted by Crippen LogP contribution is 2.25. The third-order valence-electron chi connectivity index (χ3n) is 6.75. The number of methoxy groups -OCH3 is 1. The first-order valence-electron chi connectivity index (χ1n) is 12.6. The Balaban J connectivity index is 1.55. The maximum atomic E-state index is 13.2. The highest BCUT2D eigenvalue weighted by atomic mass is 32.2. The van der Waals surface area contributed by atoms with Crippen LogP contribution in [0, 0.1) is 12.8 Å². The molecule has 1 fully saturated rings. The molecule has 1 amide bonds. The van der Waals surface area contributed by atoms with E-state index in [1.807, 2.05) is 19.1 Å². The van der Waals surface area contributed by atoms with Crippen molar-refractivity contribution < 1.29 is 22.7 Å². The minimum absolute atomic E-state index is 0.0375. The van der Waals surface area contributed by atoms with Crippen LogP contribution in [0.25, 0.3) is 10.2 Å². The number of carbonyl (C=O) groups excluding carboxylic acids is 2. The van der Waals surface area contributed by atoms with Crippen LogP contribution in [0.5, 0.6) is 0 Å². The summed E-state index contributed by atoms with van der Waals surface area (Å²) in [7, 11) is -2.27. The van der Waals surface area contributed by atoms with Gasteiger partial charge in [-0.25, -0.2) is 8.42 Å². The van der Waals surface area contributed by atoms with Gasteiger partial charge >= 0.3 is 5.97 Å². The van der Waals surface area contributed by atoms with E-state index in [1.165, 1.54) is 28.3 Å². The zero-order chi connectivity index (χ0) is 26.6. The largest absolute Gasteiger partial charge is 0.468 e. The average molecular weight is 544 g/mol. The van der Waals surface area contributed by atoms with Gasteiger partial charge in [0.1, 0.15) is 6.54 Å². The second kappa shape index (κ2) is 11.7. The number of ether oxygens (including phenoxy) is 1. The summed E-state index contributed by atoms with van der Waals surface area (Å²) < 4.78 is 35.0. The lowest BCUT2D eigenvalue weighted by atomic mass is 9.98. The lowest BCUT2D eigenvalue weighted by Crippen LogP contribution is -2.40. The van der Waals surface area contributed by atoms with Crippen molar-refractivity contribution in [3.05, 3.63) is 58.4 Å². The van der Waals surface area contributed by atoms with E-state index < -0.39 is 16.0 Å². The molecule has 0 bridgehead atoms. The number of thiazole rings is 1. The minimum atomic E-state index is -3.60. The second-order valence-electron chi connectivity index (χ2n) is 9.39. The number of fused-ring (bicyclic) bond motifs is 1. The van der Waals surface area contributed by atoms with Crippen molar-refractivity contribution in [3.63, 3.8) is 0 Å². The summed E-state index contributed by atoms with van der Waals surface area (Å²) in [6.07, 6.45) is 3.96. The number of carbonyl (C=O) groups is 2. The Morgan fingerprint density at radius 1 is 1.11 bits per heavy atom. The van der Waals surface area contributed by atoms with Crippen LogP contribution in [0.15, 0.2) is 52.4 Å². The van der Waals surface area contributed by atoms with Crippen LogP contribution in [-0.4, -0.2) is 49.4 Å². The van der Waals surface area contributed by atoms with E-state index in [0.29, 0.717) is 17.6 Å². The molecule has 0 spiro atoms. The van der Waals surface area contributed by atoms with Crippen LogP contribution in [0.3, 0.4) is 0 Å². The summed E-state index contributed by atoms with van der Waals surface area (Å²) in [5.74, 6) is -1.08. The van der Waals surface area contributed by atoms with Crippen molar-refractivity contribution >= 4 is 43.5 Å². The Kier molecular flexibility index (Phi) is 8.61. The zero-order valence-electron chi connectivity index (χ0n) is 21.5. The first-order chi connectivity index (χ1) is 17.7. The van der Waals surface area contributed by atoms with Gasteiger partial charge in [-0.3, -0.25) is 9.59 Å². The second-order valence-corrected chi connectivity index (χ2v) is 12.3. The van der Waals surface area contributed by atoms with Gasteiger partial charge in [-0.1, -0.05) is 48.4 Å². The van der Waals surface area contributed by atoms with Crippen molar-refractivity contribution in [2.45, 2.75) is 57.4 Å². The van der Waals surface area contributed by atoms with E-state index in [0.717, 1.165) is 35.0 Å². The predicted molar refractivity (Wildman–Crippen MR) is 144 cm³/mol. The molecular weight excluding hydrogens is 510 g/mol. The molecule has 0 N–H and O–H groups in total. The van der Waals surface area contributed by atoms with E-state index in [4.69, 9.17) is 4.74 Å². The number of hydrogen-bond acceptors (Lipinski definition) is 6. The summed E-state index contributed by atoms with van der Waals surface area (Å²) in [6.45, 7) is 4.55. The van der Waals surface area contributed by atoms with Gasteiger partial charge in [0, 0.05) is 19.0 Å².